The molecule has 0 radical (unpaired) electrons. The third-order valence-corrected chi connectivity index (χ3v) is 4.98. The Morgan fingerprint density at radius 3 is 2.47 bits per heavy atom. The molecule has 0 heterocycles. The maximum absolute atomic E-state index is 5.73. The SMILES string of the molecule is COC(C(C)C)C(CC1CC2CCC1C2)NN. The molecule has 2 bridgehead atoms. The van der Waals surface area contributed by atoms with Crippen LogP contribution >= 0.6 is 0 Å². The third-order valence-electron chi connectivity index (χ3n) is 4.98. The molecule has 3 heteroatoms. The fraction of sp³-hybridized carbons (Fsp3) is 1.00. The molecule has 3 nitrogen and oxygen atoms in total. The Morgan fingerprint density at radius 1 is 1.29 bits per heavy atom. The van der Waals surface area contributed by atoms with Gasteiger partial charge in [-0.2, -0.15) is 0 Å². The van der Waals surface area contributed by atoms with Crippen molar-refractivity contribution in [1.82, 2.24) is 5.43 Å². The molecule has 0 aromatic rings. The van der Waals surface area contributed by atoms with Gasteiger partial charge in [-0.05, 0) is 49.4 Å². The molecule has 2 aliphatic rings. The van der Waals surface area contributed by atoms with Crippen LogP contribution in [0.15, 0.2) is 0 Å². The second-order valence-electron chi connectivity index (χ2n) is 6.39. The van der Waals surface area contributed by atoms with Crippen LogP contribution in [0.25, 0.3) is 0 Å². The zero-order valence-corrected chi connectivity index (χ0v) is 11.5. The van der Waals surface area contributed by atoms with Gasteiger partial charge in [0.05, 0.1) is 6.10 Å². The van der Waals surface area contributed by atoms with Gasteiger partial charge in [-0.25, -0.2) is 0 Å². The molecule has 0 aromatic heterocycles. The van der Waals surface area contributed by atoms with Gasteiger partial charge in [0, 0.05) is 13.2 Å². The zero-order chi connectivity index (χ0) is 12.4. The maximum Gasteiger partial charge on any atom is 0.0760 e. The van der Waals surface area contributed by atoms with Crippen molar-refractivity contribution in [2.75, 3.05) is 7.11 Å². The quantitative estimate of drug-likeness (QED) is 0.553. The van der Waals surface area contributed by atoms with Crippen molar-refractivity contribution < 1.29 is 4.74 Å². The van der Waals surface area contributed by atoms with E-state index in [0.29, 0.717) is 12.0 Å². The van der Waals surface area contributed by atoms with Crippen LogP contribution in [0.1, 0.15) is 46.0 Å². The normalized spacial score (nSPS) is 35.5. The van der Waals surface area contributed by atoms with E-state index in [1.807, 2.05) is 0 Å². The van der Waals surface area contributed by atoms with E-state index in [9.17, 15) is 0 Å². The summed E-state index contributed by atoms with van der Waals surface area (Å²) in [6, 6.07) is 0.310. The molecule has 5 atom stereocenters. The lowest BCUT2D eigenvalue weighted by Crippen LogP contribution is -2.48. The number of rotatable bonds is 6. The van der Waals surface area contributed by atoms with E-state index in [4.69, 9.17) is 10.6 Å². The van der Waals surface area contributed by atoms with E-state index in [1.165, 1.54) is 32.1 Å². The fourth-order valence-corrected chi connectivity index (χ4v) is 4.19. The van der Waals surface area contributed by atoms with Crippen LogP contribution in [-0.2, 0) is 4.74 Å². The maximum atomic E-state index is 5.73. The molecule has 0 amide bonds. The van der Waals surface area contributed by atoms with Crippen LogP contribution in [0.2, 0.25) is 0 Å². The molecule has 0 spiro atoms. The van der Waals surface area contributed by atoms with Gasteiger partial charge in [0.1, 0.15) is 0 Å². The lowest BCUT2D eigenvalue weighted by molar-refractivity contribution is 0.0229. The summed E-state index contributed by atoms with van der Waals surface area (Å²) in [4.78, 5) is 0. The molecular formula is C14H28N2O. The van der Waals surface area contributed by atoms with Gasteiger partial charge < -0.3 is 4.74 Å². The monoisotopic (exact) mass is 240 g/mol. The average molecular weight is 240 g/mol. The minimum absolute atomic E-state index is 0.235. The number of methoxy groups -OCH3 is 1. The van der Waals surface area contributed by atoms with Gasteiger partial charge in [-0.3, -0.25) is 11.3 Å². The Hall–Kier alpha value is -0.120. The van der Waals surface area contributed by atoms with Crippen molar-refractivity contribution in [3.63, 3.8) is 0 Å². The second kappa shape index (κ2) is 5.68. The molecule has 2 fully saturated rings. The van der Waals surface area contributed by atoms with E-state index in [2.05, 4.69) is 19.3 Å². The minimum atomic E-state index is 0.235. The Kier molecular flexibility index (Phi) is 4.45. The second-order valence-corrected chi connectivity index (χ2v) is 6.39. The zero-order valence-electron chi connectivity index (χ0n) is 11.5. The molecule has 0 aromatic carbocycles. The van der Waals surface area contributed by atoms with Crippen LogP contribution in [0, 0.1) is 23.7 Å². The summed E-state index contributed by atoms with van der Waals surface area (Å²) >= 11 is 0. The third kappa shape index (κ3) is 2.83. The fourth-order valence-electron chi connectivity index (χ4n) is 4.19. The molecule has 17 heavy (non-hydrogen) atoms. The van der Waals surface area contributed by atoms with Gasteiger partial charge in [0.25, 0.3) is 0 Å². The van der Waals surface area contributed by atoms with Crippen LogP contribution in [-0.4, -0.2) is 19.3 Å². The van der Waals surface area contributed by atoms with Gasteiger partial charge in [0.15, 0.2) is 0 Å². The molecule has 5 unspecified atom stereocenters. The summed E-state index contributed by atoms with van der Waals surface area (Å²) in [5, 5.41) is 0. The van der Waals surface area contributed by atoms with Crippen LogP contribution in [0.5, 0.6) is 0 Å². The summed E-state index contributed by atoms with van der Waals surface area (Å²) in [5.74, 6) is 9.12. The highest BCUT2D eigenvalue weighted by atomic mass is 16.5. The molecule has 2 saturated carbocycles. The highest BCUT2D eigenvalue weighted by molar-refractivity contribution is 4.93. The van der Waals surface area contributed by atoms with Crippen molar-refractivity contribution >= 4 is 0 Å². The molecule has 0 aliphatic heterocycles. The van der Waals surface area contributed by atoms with E-state index in [0.717, 1.165) is 17.8 Å². The Balaban J connectivity index is 1.90. The van der Waals surface area contributed by atoms with Gasteiger partial charge >= 0.3 is 0 Å². The number of nitrogens with one attached hydrogen (secondary N) is 1. The van der Waals surface area contributed by atoms with Crippen LogP contribution < -0.4 is 11.3 Å². The first-order chi connectivity index (χ1) is 8.15. The van der Waals surface area contributed by atoms with Crippen molar-refractivity contribution in [2.45, 2.75) is 58.1 Å². The smallest absolute Gasteiger partial charge is 0.0760 e. The molecule has 0 saturated heterocycles. The molecule has 2 aliphatic carbocycles. The molecule has 3 N–H and O–H groups in total. The van der Waals surface area contributed by atoms with Crippen molar-refractivity contribution in [3.8, 4) is 0 Å². The predicted molar refractivity (Wildman–Crippen MR) is 70.3 cm³/mol. The van der Waals surface area contributed by atoms with E-state index >= 15 is 0 Å². The van der Waals surface area contributed by atoms with Crippen LogP contribution in [0.4, 0.5) is 0 Å². The summed E-state index contributed by atoms with van der Waals surface area (Å²) in [7, 11) is 1.80. The number of fused-ring (bicyclic) bond motifs is 2. The first-order valence-corrected chi connectivity index (χ1v) is 7.14. The van der Waals surface area contributed by atoms with E-state index in [-0.39, 0.29) is 6.10 Å². The predicted octanol–water partition coefficient (Wildman–Crippen LogP) is 2.32. The standard InChI is InChI=1S/C14H28N2O/c1-9(2)14(17-3)13(16-15)8-12-7-10-4-5-11(12)6-10/h9-14,16H,4-8,15H2,1-3H3. The van der Waals surface area contributed by atoms with E-state index in [1.54, 1.807) is 7.11 Å². The average Bonchev–Trinajstić information content (AvgIpc) is 2.89. The summed E-state index contributed by atoms with van der Waals surface area (Å²) in [5.41, 5.74) is 3.00. The van der Waals surface area contributed by atoms with Crippen LogP contribution in [0.3, 0.4) is 0 Å². The van der Waals surface area contributed by atoms with E-state index < -0.39 is 0 Å². The highest BCUT2D eigenvalue weighted by Gasteiger charge is 2.41. The lowest BCUT2D eigenvalue weighted by Gasteiger charge is -2.32. The number of hydrogen-bond donors (Lipinski definition) is 2. The van der Waals surface area contributed by atoms with Crippen molar-refractivity contribution in [1.29, 1.82) is 0 Å². The summed E-state index contributed by atoms with van der Waals surface area (Å²) in [6.45, 7) is 4.42. The summed E-state index contributed by atoms with van der Waals surface area (Å²) < 4.78 is 5.61. The summed E-state index contributed by atoms with van der Waals surface area (Å²) in [6.07, 6.45) is 7.25. The lowest BCUT2D eigenvalue weighted by atomic mass is 9.82. The van der Waals surface area contributed by atoms with Crippen molar-refractivity contribution in [3.05, 3.63) is 0 Å². The Labute approximate surface area is 105 Å². The number of hydrogen-bond acceptors (Lipinski definition) is 3. The highest BCUT2D eigenvalue weighted by Crippen LogP contribution is 2.50. The minimum Gasteiger partial charge on any atom is -0.380 e. The number of hydrazine groups is 1. The first-order valence-electron chi connectivity index (χ1n) is 7.14. The Morgan fingerprint density at radius 2 is 2.06 bits per heavy atom. The number of ether oxygens (including phenoxy) is 1. The largest absolute Gasteiger partial charge is 0.380 e. The van der Waals surface area contributed by atoms with Crippen molar-refractivity contribution in [2.24, 2.45) is 29.5 Å². The number of nitrogens with two attached hydrogens (primary N) is 1. The molecule has 2 rings (SSSR count). The van der Waals surface area contributed by atoms with Gasteiger partial charge in [-0.1, -0.05) is 20.3 Å². The molecule has 100 valence electrons. The van der Waals surface area contributed by atoms with Gasteiger partial charge in [0.2, 0.25) is 0 Å². The van der Waals surface area contributed by atoms with Gasteiger partial charge in [-0.15, -0.1) is 0 Å². The topological polar surface area (TPSA) is 47.3 Å². The Bertz CT molecular complexity index is 244. The molecular weight excluding hydrogens is 212 g/mol. The first kappa shape index (κ1) is 13.3.